The SMILES string of the molecule is Cn1cnc(CCNc2ccc(N)cc2C(N)=O)n1. The van der Waals surface area contributed by atoms with Crippen LogP contribution in [0.5, 0.6) is 0 Å². The van der Waals surface area contributed by atoms with Gasteiger partial charge in [-0.25, -0.2) is 4.98 Å². The molecule has 1 aromatic heterocycles. The highest BCUT2D eigenvalue weighted by molar-refractivity contribution is 5.99. The first kappa shape index (κ1) is 12.9. The molecule has 5 N–H and O–H groups in total. The predicted molar refractivity (Wildman–Crippen MR) is 72.6 cm³/mol. The first-order chi connectivity index (χ1) is 9.06. The zero-order valence-electron chi connectivity index (χ0n) is 10.6. The average molecular weight is 260 g/mol. The van der Waals surface area contributed by atoms with E-state index in [1.165, 1.54) is 0 Å². The molecule has 0 radical (unpaired) electrons. The lowest BCUT2D eigenvalue weighted by atomic mass is 10.1. The smallest absolute Gasteiger partial charge is 0.250 e. The molecule has 0 atom stereocenters. The Labute approximate surface area is 110 Å². The highest BCUT2D eigenvalue weighted by Gasteiger charge is 2.08. The minimum absolute atomic E-state index is 0.383. The molecule has 0 fully saturated rings. The zero-order valence-corrected chi connectivity index (χ0v) is 10.6. The molecule has 0 bridgehead atoms. The molecule has 0 saturated heterocycles. The van der Waals surface area contributed by atoms with Crippen molar-refractivity contribution < 1.29 is 4.79 Å². The van der Waals surface area contributed by atoms with Gasteiger partial charge in [-0.1, -0.05) is 0 Å². The van der Waals surface area contributed by atoms with Crippen LogP contribution >= 0.6 is 0 Å². The molecule has 100 valence electrons. The van der Waals surface area contributed by atoms with Crippen molar-refractivity contribution in [3.63, 3.8) is 0 Å². The lowest BCUT2D eigenvalue weighted by molar-refractivity contribution is 0.100. The summed E-state index contributed by atoms with van der Waals surface area (Å²) in [5.74, 6) is 0.233. The fraction of sp³-hybridized carbons (Fsp3) is 0.250. The van der Waals surface area contributed by atoms with Gasteiger partial charge in [-0.15, -0.1) is 0 Å². The van der Waals surface area contributed by atoms with E-state index in [4.69, 9.17) is 11.5 Å². The van der Waals surface area contributed by atoms with E-state index in [1.807, 2.05) is 7.05 Å². The van der Waals surface area contributed by atoms with E-state index in [0.717, 1.165) is 5.82 Å². The number of hydrogen-bond acceptors (Lipinski definition) is 5. The monoisotopic (exact) mass is 260 g/mol. The Morgan fingerprint density at radius 3 is 2.89 bits per heavy atom. The van der Waals surface area contributed by atoms with Gasteiger partial charge >= 0.3 is 0 Å². The summed E-state index contributed by atoms with van der Waals surface area (Å²) in [6.45, 7) is 0.605. The van der Waals surface area contributed by atoms with Crippen LogP contribution in [0.3, 0.4) is 0 Å². The van der Waals surface area contributed by atoms with Crippen LogP contribution in [0.1, 0.15) is 16.2 Å². The predicted octanol–water partition coefficient (Wildman–Crippen LogP) is 0.151. The van der Waals surface area contributed by atoms with Gasteiger partial charge in [0.2, 0.25) is 0 Å². The third-order valence-electron chi connectivity index (χ3n) is 2.62. The van der Waals surface area contributed by atoms with E-state index in [9.17, 15) is 4.79 Å². The number of rotatable bonds is 5. The lowest BCUT2D eigenvalue weighted by Crippen LogP contribution is -2.16. The van der Waals surface area contributed by atoms with Crippen molar-refractivity contribution in [2.75, 3.05) is 17.6 Å². The van der Waals surface area contributed by atoms with Crippen molar-refractivity contribution in [2.45, 2.75) is 6.42 Å². The van der Waals surface area contributed by atoms with Gasteiger partial charge in [0, 0.05) is 31.4 Å². The molecule has 1 heterocycles. The first-order valence-corrected chi connectivity index (χ1v) is 5.84. The summed E-state index contributed by atoms with van der Waals surface area (Å²) >= 11 is 0. The highest BCUT2D eigenvalue weighted by atomic mass is 16.1. The topological polar surface area (TPSA) is 112 Å². The summed E-state index contributed by atoms with van der Waals surface area (Å²) in [5, 5.41) is 7.30. The molecular formula is C12H16N6O. The van der Waals surface area contributed by atoms with Crippen LogP contribution in [0.15, 0.2) is 24.5 Å². The minimum atomic E-state index is -0.509. The largest absolute Gasteiger partial charge is 0.399 e. The van der Waals surface area contributed by atoms with Crippen molar-refractivity contribution in [3.8, 4) is 0 Å². The molecule has 7 heteroatoms. The van der Waals surface area contributed by atoms with Crippen molar-refractivity contribution in [1.82, 2.24) is 14.8 Å². The van der Waals surface area contributed by atoms with Crippen molar-refractivity contribution in [3.05, 3.63) is 35.9 Å². The van der Waals surface area contributed by atoms with Crippen LogP contribution in [0.4, 0.5) is 11.4 Å². The molecule has 0 unspecified atom stereocenters. The number of nitrogens with one attached hydrogen (secondary N) is 1. The summed E-state index contributed by atoms with van der Waals surface area (Å²) < 4.78 is 1.65. The second kappa shape index (κ2) is 5.38. The molecule has 1 aromatic carbocycles. The minimum Gasteiger partial charge on any atom is -0.399 e. The number of carbonyl (C=O) groups excluding carboxylic acids is 1. The van der Waals surface area contributed by atoms with Gasteiger partial charge in [0.05, 0.1) is 5.56 Å². The summed E-state index contributed by atoms with van der Waals surface area (Å²) in [6.07, 6.45) is 2.30. The van der Waals surface area contributed by atoms with E-state index in [2.05, 4.69) is 15.4 Å². The summed E-state index contributed by atoms with van der Waals surface area (Å²) in [5.41, 5.74) is 12.5. The molecule has 7 nitrogen and oxygen atoms in total. The van der Waals surface area contributed by atoms with Gasteiger partial charge in [0.25, 0.3) is 5.91 Å². The van der Waals surface area contributed by atoms with Crippen LogP contribution in [0, 0.1) is 0 Å². The van der Waals surface area contributed by atoms with Gasteiger partial charge in [0.1, 0.15) is 6.33 Å². The van der Waals surface area contributed by atoms with Crippen LogP contribution < -0.4 is 16.8 Å². The van der Waals surface area contributed by atoms with Crippen LogP contribution in [0.25, 0.3) is 0 Å². The number of anilines is 2. The number of nitrogen functional groups attached to an aromatic ring is 1. The van der Waals surface area contributed by atoms with Crippen LogP contribution in [-0.4, -0.2) is 27.2 Å². The van der Waals surface area contributed by atoms with Gasteiger partial charge in [0.15, 0.2) is 5.82 Å². The number of aryl methyl sites for hydroxylation is 1. The molecule has 0 aliphatic heterocycles. The highest BCUT2D eigenvalue weighted by Crippen LogP contribution is 2.18. The Hall–Kier alpha value is -2.57. The number of carbonyl (C=O) groups is 1. The van der Waals surface area contributed by atoms with E-state index in [0.29, 0.717) is 29.9 Å². The fourth-order valence-electron chi connectivity index (χ4n) is 1.73. The molecule has 0 aliphatic rings. The molecule has 0 spiro atoms. The van der Waals surface area contributed by atoms with E-state index in [1.54, 1.807) is 29.2 Å². The number of aromatic nitrogens is 3. The number of amides is 1. The molecule has 0 aliphatic carbocycles. The van der Waals surface area contributed by atoms with Crippen LogP contribution in [-0.2, 0) is 13.5 Å². The van der Waals surface area contributed by atoms with E-state index < -0.39 is 5.91 Å². The zero-order chi connectivity index (χ0) is 13.8. The van der Waals surface area contributed by atoms with Crippen molar-refractivity contribution >= 4 is 17.3 Å². The Morgan fingerprint density at radius 1 is 1.47 bits per heavy atom. The molecule has 1 amide bonds. The summed E-state index contributed by atoms with van der Waals surface area (Å²) in [6, 6.07) is 5.01. The average Bonchev–Trinajstić information content (AvgIpc) is 2.77. The second-order valence-corrected chi connectivity index (χ2v) is 4.18. The third-order valence-corrected chi connectivity index (χ3v) is 2.62. The molecule has 2 aromatic rings. The van der Waals surface area contributed by atoms with Gasteiger partial charge in [-0.05, 0) is 18.2 Å². The number of nitrogens with two attached hydrogens (primary N) is 2. The normalized spacial score (nSPS) is 10.4. The maximum Gasteiger partial charge on any atom is 0.250 e. The maximum atomic E-state index is 11.3. The third kappa shape index (κ3) is 3.21. The Bertz CT molecular complexity index is 592. The molecule has 2 rings (SSSR count). The lowest BCUT2D eigenvalue weighted by Gasteiger charge is -2.09. The number of primary amides is 1. The summed E-state index contributed by atoms with van der Waals surface area (Å²) in [7, 11) is 1.81. The quantitative estimate of drug-likeness (QED) is 0.662. The Kier molecular flexibility index (Phi) is 3.65. The van der Waals surface area contributed by atoms with Crippen molar-refractivity contribution in [1.29, 1.82) is 0 Å². The van der Waals surface area contributed by atoms with Crippen molar-refractivity contribution in [2.24, 2.45) is 12.8 Å². The maximum absolute atomic E-state index is 11.3. The molecular weight excluding hydrogens is 244 g/mol. The van der Waals surface area contributed by atoms with E-state index >= 15 is 0 Å². The van der Waals surface area contributed by atoms with Gasteiger partial charge in [-0.2, -0.15) is 5.10 Å². The number of hydrogen-bond donors (Lipinski definition) is 3. The fourth-order valence-corrected chi connectivity index (χ4v) is 1.73. The van der Waals surface area contributed by atoms with E-state index in [-0.39, 0.29) is 0 Å². The Morgan fingerprint density at radius 2 is 2.26 bits per heavy atom. The standard InChI is InChI=1S/C12H16N6O/c1-18-7-16-11(17-18)4-5-15-10-3-2-8(13)6-9(10)12(14)19/h2-3,6-7,15H,4-5,13H2,1H3,(H2,14,19). The van der Waals surface area contributed by atoms with Gasteiger partial charge in [-0.3, -0.25) is 9.48 Å². The summed E-state index contributed by atoms with van der Waals surface area (Å²) in [4.78, 5) is 15.4. The molecule has 19 heavy (non-hydrogen) atoms. The second-order valence-electron chi connectivity index (χ2n) is 4.18. The first-order valence-electron chi connectivity index (χ1n) is 5.84. The molecule has 0 saturated carbocycles. The number of benzene rings is 1. The number of nitrogens with zero attached hydrogens (tertiary/aromatic N) is 3. The Balaban J connectivity index is 2.01. The van der Waals surface area contributed by atoms with Crippen LogP contribution in [0.2, 0.25) is 0 Å². The van der Waals surface area contributed by atoms with Gasteiger partial charge < -0.3 is 16.8 Å².